The van der Waals surface area contributed by atoms with E-state index in [1.807, 2.05) is 20.8 Å². The van der Waals surface area contributed by atoms with Gasteiger partial charge in [0.1, 0.15) is 12.2 Å². The third-order valence-corrected chi connectivity index (χ3v) is 12.3. The Kier molecular flexibility index (Phi) is 5.70. The van der Waals surface area contributed by atoms with Crippen molar-refractivity contribution in [2.75, 3.05) is 6.61 Å². The third-order valence-electron chi connectivity index (χ3n) is 12.3. The molecule has 9 heteroatoms. The van der Waals surface area contributed by atoms with E-state index in [9.17, 15) is 31.1 Å². The zero-order valence-electron chi connectivity index (χ0n) is 21.8. The van der Waals surface area contributed by atoms with Gasteiger partial charge < -0.3 is 9.47 Å². The van der Waals surface area contributed by atoms with Gasteiger partial charge in [0.25, 0.3) is 5.60 Å². The fourth-order valence-electron chi connectivity index (χ4n) is 10.5. The molecule has 0 heterocycles. The van der Waals surface area contributed by atoms with Gasteiger partial charge in [0.15, 0.2) is 0 Å². The first kappa shape index (κ1) is 26.2. The number of rotatable bonds is 7. The molecule has 0 aliphatic heterocycles. The van der Waals surface area contributed by atoms with Gasteiger partial charge in [-0.3, -0.25) is 0 Å². The fraction of sp³-hybridized carbons (Fsp3) is 0.964. The molecule has 0 aromatic heterocycles. The quantitative estimate of drug-likeness (QED) is 0.252. The molecule has 1 spiro atoms. The molecule has 0 aromatic rings. The molecule has 6 fully saturated rings. The summed E-state index contributed by atoms with van der Waals surface area (Å²) < 4.78 is 96.3. The van der Waals surface area contributed by atoms with E-state index in [0.717, 1.165) is 32.1 Å². The predicted octanol–water partition coefficient (Wildman–Crippen LogP) is 7.33. The Labute approximate surface area is 214 Å². The average molecular weight is 537 g/mol. The zero-order valence-corrected chi connectivity index (χ0v) is 21.8. The van der Waals surface area contributed by atoms with Crippen LogP contribution in [0.3, 0.4) is 0 Å². The van der Waals surface area contributed by atoms with Gasteiger partial charge in [-0.05, 0) is 123 Å². The van der Waals surface area contributed by atoms with Crippen molar-refractivity contribution in [3.63, 3.8) is 0 Å². The van der Waals surface area contributed by atoms with Gasteiger partial charge in [0.2, 0.25) is 0 Å². The first-order valence-corrected chi connectivity index (χ1v) is 14.1. The van der Waals surface area contributed by atoms with Crippen molar-refractivity contribution < 1.29 is 40.6 Å². The second-order valence-corrected chi connectivity index (χ2v) is 14.0. The summed E-state index contributed by atoms with van der Waals surface area (Å²) in [6.07, 6.45) is -5.78. The van der Waals surface area contributed by atoms with E-state index in [0.29, 0.717) is 30.1 Å². The van der Waals surface area contributed by atoms with Crippen molar-refractivity contribution in [1.29, 1.82) is 0 Å². The number of carbonyl (C=O) groups is 1. The Morgan fingerprint density at radius 2 is 1.43 bits per heavy atom. The van der Waals surface area contributed by atoms with Crippen LogP contribution in [0.4, 0.5) is 26.3 Å². The highest BCUT2D eigenvalue weighted by molar-refractivity contribution is 5.71. The number of halogens is 6. The van der Waals surface area contributed by atoms with Crippen LogP contribution in [0.5, 0.6) is 0 Å². The summed E-state index contributed by atoms with van der Waals surface area (Å²) in [6.45, 7) is 4.44. The monoisotopic (exact) mass is 536 g/mol. The van der Waals surface area contributed by atoms with Crippen molar-refractivity contribution >= 4 is 5.97 Å². The number of hydrogen-bond donors (Lipinski definition) is 0. The lowest BCUT2D eigenvalue weighted by Gasteiger charge is -2.50. The zero-order chi connectivity index (χ0) is 26.8. The maximum Gasteiger partial charge on any atom is 0.426 e. The Hall–Kier alpha value is -0.990. The van der Waals surface area contributed by atoms with Gasteiger partial charge in [-0.1, -0.05) is 13.8 Å². The molecule has 0 aromatic carbocycles. The number of esters is 1. The van der Waals surface area contributed by atoms with Crippen LogP contribution in [0.15, 0.2) is 0 Å². The molecular formula is C28H38F6O3. The summed E-state index contributed by atoms with van der Waals surface area (Å²) in [4.78, 5) is 12.9. The predicted molar refractivity (Wildman–Crippen MR) is 122 cm³/mol. The van der Waals surface area contributed by atoms with Crippen molar-refractivity contribution in [3.05, 3.63) is 0 Å². The van der Waals surface area contributed by atoms with Crippen LogP contribution in [0.2, 0.25) is 0 Å². The van der Waals surface area contributed by atoms with Gasteiger partial charge in [-0.15, -0.1) is 0 Å². The molecule has 0 amide bonds. The van der Waals surface area contributed by atoms with E-state index < -0.39 is 48.5 Å². The second-order valence-electron chi connectivity index (χ2n) is 14.0. The van der Waals surface area contributed by atoms with E-state index in [-0.39, 0.29) is 35.5 Å². The lowest BCUT2D eigenvalue weighted by molar-refractivity contribution is -0.385. The van der Waals surface area contributed by atoms with Crippen LogP contribution < -0.4 is 0 Å². The summed E-state index contributed by atoms with van der Waals surface area (Å²) in [7, 11) is 0. The summed E-state index contributed by atoms with van der Waals surface area (Å²) in [6, 6.07) is 0. The molecular weight excluding hydrogens is 498 g/mol. The van der Waals surface area contributed by atoms with E-state index >= 15 is 0 Å². The molecule has 0 N–H and O–H groups in total. The number of alkyl halides is 6. The fourth-order valence-corrected chi connectivity index (χ4v) is 10.5. The number of ether oxygens (including phenoxy) is 2. The first-order valence-electron chi connectivity index (χ1n) is 14.1. The molecule has 8 atom stereocenters. The van der Waals surface area contributed by atoms with Gasteiger partial charge in [0.05, 0.1) is 0 Å². The van der Waals surface area contributed by atoms with Gasteiger partial charge in [-0.2, -0.15) is 26.3 Å². The topological polar surface area (TPSA) is 35.5 Å². The summed E-state index contributed by atoms with van der Waals surface area (Å²) >= 11 is 0. The minimum atomic E-state index is -5.70. The largest absolute Gasteiger partial charge is 0.457 e. The maximum absolute atomic E-state index is 14.3. The normalized spacial score (nSPS) is 46.0. The highest BCUT2D eigenvalue weighted by Crippen LogP contribution is 2.77. The standard InChI is InChI=1S/C28H38F6O3/c1-14(2)21-5-15-4-16(22(21)6-15)10-26(27(29,30)31,28(32,33)34)36-13-23(35)37-24(3)19-8-17-7-18-9-20(24)12-25(17,18)11-19/h14-22H,4-13H2,1-3H3. The van der Waals surface area contributed by atoms with Crippen molar-refractivity contribution in [2.45, 2.75) is 102 Å². The highest BCUT2D eigenvalue weighted by Gasteiger charge is 2.75. The Bertz CT molecular complexity index is 903. The van der Waals surface area contributed by atoms with Crippen LogP contribution in [0.25, 0.3) is 0 Å². The van der Waals surface area contributed by atoms with E-state index in [1.165, 1.54) is 6.42 Å². The molecule has 37 heavy (non-hydrogen) atoms. The van der Waals surface area contributed by atoms with E-state index in [1.54, 1.807) is 0 Å². The summed E-state index contributed by atoms with van der Waals surface area (Å²) in [5, 5.41) is 0. The Morgan fingerprint density at radius 3 is 1.95 bits per heavy atom. The SMILES string of the molecule is CC(C)C1CC2CC(CC(OCC(=O)OC3(C)C4CC5CC6CC3CC56C4)(C(F)(F)F)C(F)(F)F)C1C2. The molecule has 6 saturated carbocycles. The summed E-state index contributed by atoms with van der Waals surface area (Å²) in [5.41, 5.74) is -4.88. The Balaban J connectivity index is 1.19. The molecule has 8 unspecified atom stereocenters. The maximum atomic E-state index is 14.3. The van der Waals surface area contributed by atoms with Crippen LogP contribution in [0.1, 0.15) is 78.6 Å². The molecule has 6 aliphatic carbocycles. The lowest BCUT2D eigenvalue weighted by atomic mass is 9.55. The molecule has 6 aliphatic rings. The van der Waals surface area contributed by atoms with Gasteiger partial charge in [-0.25, -0.2) is 4.79 Å². The van der Waals surface area contributed by atoms with E-state index in [4.69, 9.17) is 9.47 Å². The Morgan fingerprint density at radius 1 is 0.865 bits per heavy atom. The average Bonchev–Trinajstić information content (AvgIpc) is 3.49. The number of carbonyl (C=O) groups excluding carboxylic acids is 1. The van der Waals surface area contributed by atoms with Gasteiger partial charge >= 0.3 is 18.3 Å². The lowest BCUT2D eigenvalue weighted by Crippen LogP contribution is -2.61. The minimum Gasteiger partial charge on any atom is -0.457 e. The first-order chi connectivity index (χ1) is 17.1. The van der Waals surface area contributed by atoms with Crippen molar-refractivity contribution in [2.24, 2.45) is 58.7 Å². The smallest absolute Gasteiger partial charge is 0.426 e. The second kappa shape index (κ2) is 8.03. The van der Waals surface area contributed by atoms with Crippen LogP contribution in [0, 0.1) is 58.7 Å². The molecule has 210 valence electrons. The van der Waals surface area contributed by atoms with Crippen molar-refractivity contribution in [3.8, 4) is 0 Å². The molecule has 3 nitrogen and oxygen atoms in total. The molecule has 6 rings (SSSR count). The van der Waals surface area contributed by atoms with Crippen LogP contribution >= 0.6 is 0 Å². The number of hydrogen-bond acceptors (Lipinski definition) is 3. The minimum absolute atomic E-state index is 0.115. The molecule has 5 bridgehead atoms. The number of fused-ring (bicyclic) bond motifs is 4. The molecule has 0 radical (unpaired) electrons. The van der Waals surface area contributed by atoms with Crippen LogP contribution in [-0.2, 0) is 14.3 Å². The molecule has 0 saturated heterocycles. The van der Waals surface area contributed by atoms with E-state index in [2.05, 4.69) is 0 Å². The third kappa shape index (κ3) is 3.60. The van der Waals surface area contributed by atoms with Gasteiger partial charge in [0, 0.05) is 0 Å². The summed E-state index contributed by atoms with van der Waals surface area (Å²) in [5.74, 6) is -0.0908. The van der Waals surface area contributed by atoms with Crippen LogP contribution in [-0.4, -0.2) is 36.1 Å². The highest BCUT2D eigenvalue weighted by atomic mass is 19.4. The van der Waals surface area contributed by atoms with Crippen molar-refractivity contribution in [1.82, 2.24) is 0 Å².